The first-order valence-corrected chi connectivity index (χ1v) is 6.80. The van der Waals surface area contributed by atoms with Crippen LogP contribution >= 0.6 is 11.6 Å². The number of halogens is 1. The molecule has 0 saturated heterocycles. The Kier molecular flexibility index (Phi) is 4.10. The molecule has 0 radical (unpaired) electrons. The number of ether oxygens (including phenoxy) is 1. The maximum atomic E-state index is 9.71. The van der Waals surface area contributed by atoms with Gasteiger partial charge in [-0.25, -0.2) is 0 Å². The van der Waals surface area contributed by atoms with Gasteiger partial charge in [-0.1, -0.05) is 20.8 Å². The second-order valence-electron chi connectivity index (χ2n) is 5.33. The predicted molar refractivity (Wildman–Crippen MR) is 72.4 cm³/mol. The third kappa shape index (κ3) is 3.06. The van der Waals surface area contributed by atoms with Crippen LogP contribution in [0, 0.1) is 5.41 Å². The molecule has 2 atom stereocenters. The molecule has 0 aliphatic heterocycles. The van der Waals surface area contributed by atoms with Gasteiger partial charge in [0.1, 0.15) is 0 Å². The summed E-state index contributed by atoms with van der Waals surface area (Å²) in [5.41, 5.74) is -0.205. The number of anilines is 1. The number of rotatable bonds is 5. The fraction of sp³-hybridized carbons (Fsp3) is 0.750. The molecular weight excluding hydrogens is 268 g/mol. The largest absolute Gasteiger partial charge is 0.463 e. The minimum Gasteiger partial charge on any atom is -0.463 e. The van der Waals surface area contributed by atoms with Crippen LogP contribution in [0.5, 0.6) is 6.01 Å². The van der Waals surface area contributed by atoms with Gasteiger partial charge >= 0.3 is 6.01 Å². The monoisotopic (exact) mass is 286 g/mol. The van der Waals surface area contributed by atoms with E-state index >= 15 is 0 Å². The van der Waals surface area contributed by atoms with Crippen LogP contribution in [0.25, 0.3) is 0 Å². The molecule has 106 valence electrons. The van der Waals surface area contributed by atoms with Crippen LogP contribution in [-0.4, -0.2) is 38.8 Å². The van der Waals surface area contributed by atoms with Crippen LogP contribution in [-0.2, 0) is 0 Å². The molecule has 2 unspecified atom stereocenters. The van der Waals surface area contributed by atoms with E-state index < -0.39 is 0 Å². The Hall–Kier alpha value is -1.14. The van der Waals surface area contributed by atoms with E-state index in [-0.39, 0.29) is 28.9 Å². The van der Waals surface area contributed by atoms with Gasteiger partial charge in [-0.15, -0.1) is 0 Å². The van der Waals surface area contributed by atoms with E-state index in [2.05, 4.69) is 20.3 Å². The number of nitrogens with one attached hydrogen (secondary N) is 1. The lowest BCUT2D eigenvalue weighted by atomic mass is 9.65. The number of hydrogen-bond donors (Lipinski definition) is 2. The molecule has 0 amide bonds. The summed E-state index contributed by atoms with van der Waals surface area (Å²) in [5.74, 6) is 0.385. The number of aromatic nitrogens is 3. The van der Waals surface area contributed by atoms with Gasteiger partial charge in [-0.05, 0) is 24.4 Å². The molecule has 1 aliphatic carbocycles. The normalized spacial score (nSPS) is 24.7. The van der Waals surface area contributed by atoms with E-state index in [9.17, 15) is 5.11 Å². The van der Waals surface area contributed by atoms with Crippen LogP contribution in [0.3, 0.4) is 0 Å². The molecule has 1 aliphatic rings. The molecule has 0 bridgehead atoms. The zero-order valence-corrected chi connectivity index (χ0v) is 12.1. The Morgan fingerprint density at radius 3 is 2.74 bits per heavy atom. The number of aliphatic hydroxyl groups excluding tert-OH is 1. The maximum absolute atomic E-state index is 9.71. The Balaban J connectivity index is 2.06. The van der Waals surface area contributed by atoms with E-state index in [1.54, 1.807) is 0 Å². The quantitative estimate of drug-likeness (QED) is 0.860. The summed E-state index contributed by atoms with van der Waals surface area (Å²) in [6.45, 7) is 6.53. The lowest BCUT2D eigenvalue weighted by molar-refractivity contribution is -0.0513. The van der Waals surface area contributed by atoms with Crippen molar-refractivity contribution >= 4 is 17.5 Å². The van der Waals surface area contributed by atoms with Gasteiger partial charge in [0, 0.05) is 11.5 Å². The molecule has 2 N–H and O–H groups in total. The standard InChI is InChI=1S/C12H19ClN4O2/c1-4-5-19-11-16-9(13)15-10(17-11)14-7-6-8(18)12(7,2)3/h7-8,18H,4-6H2,1-3H3,(H,14,15,16,17). The third-order valence-corrected chi connectivity index (χ3v) is 3.71. The summed E-state index contributed by atoms with van der Waals surface area (Å²) < 4.78 is 5.35. The first-order chi connectivity index (χ1) is 8.93. The van der Waals surface area contributed by atoms with Crippen molar-refractivity contribution in [2.24, 2.45) is 5.41 Å². The molecule has 1 aromatic rings. The van der Waals surface area contributed by atoms with Crippen molar-refractivity contribution in [3.05, 3.63) is 5.28 Å². The highest BCUT2D eigenvalue weighted by Gasteiger charge is 2.47. The lowest BCUT2D eigenvalue weighted by Gasteiger charge is -2.49. The van der Waals surface area contributed by atoms with Crippen LogP contribution in [0.2, 0.25) is 5.28 Å². The highest BCUT2D eigenvalue weighted by Crippen LogP contribution is 2.41. The molecule has 6 nitrogen and oxygen atoms in total. The summed E-state index contributed by atoms with van der Waals surface area (Å²) >= 11 is 5.84. The van der Waals surface area contributed by atoms with Crippen LogP contribution in [0.4, 0.5) is 5.95 Å². The predicted octanol–water partition coefficient (Wildman–Crippen LogP) is 1.89. The van der Waals surface area contributed by atoms with Gasteiger partial charge in [-0.2, -0.15) is 15.0 Å². The molecule has 1 fully saturated rings. The highest BCUT2D eigenvalue weighted by atomic mass is 35.5. The van der Waals surface area contributed by atoms with Crippen molar-refractivity contribution in [1.29, 1.82) is 0 Å². The van der Waals surface area contributed by atoms with Gasteiger partial charge in [-0.3, -0.25) is 0 Å². The second kappa shape index (κ2) is 5.46. The molecule has 1 saturated carbocycles. The molecular formula is C12H19ClN4O2. The van der Waals surface area contributed by atoms with Crippen LogP contribution < -0.4 is 10.1 Å². The van der Waals surface area contributed by atoms with Crippen molar-refractivity contribution in [1.82, 2.24) is 15.0 Å². The number of nitrogens with zero attached hydrogens (tertiary/aromatic N) is 3. The average Bonchev–Trinajstić information content (AvgIpc) is 2.35. The smallest absolute Gasteiger partial charge is 0.322 e. The topological polar surface area (TPSA) is 80.2 Å². The number of hydrogen-bond acceptors (Lipinski definition) is 6. The van der Waals surface area contributed by atoms with Gasteiger partial charge in [0.25, 0.3) is 0 Å². The van der Waals surface area contributed by atoms with E-state index in [1.165, 1.54) is 0 Å². The fourth-order valence-electron chi connectivity index (χ4n) is 1.96. The molecule has 7 heteroatoms. The minimum absolute atomic E-state index is 0.0984. The summed E-state index contributed by atoms with van der Waals surface area (Å²) in [7, 11) is 0. The molecule has 1 heterocycles. The van der Waals surface area contributed by atoms with Crippen molar-refractivity contribution < 1.29 is 9.84 Å². The molecule has 1 aromatic heterocycles. The lowest BCUT2D eigenvalue weighted by Crippen LogP contribution is -2.57. The Morgan fingerprint density at radius 2 is 2.16 bits per heavy atom. The summed E-state index contributed by atoms with van der Waals surface area (Å²) in [5, 5.41) is 13.0. The Morgan fingerprint density at radius 1 is 1.42 bits per heavy atom. The minimum atomic E-state index is -0.307. The van der Waals surface area contributed by atoms with E-state index in [0.717, 1.165) is 6.42 Å². The highest BCUT2D eigenvalue weighted by molar-refractivity contribution is 6.28. The molecule has 0 aromatic carbocycles. The van der Waals surface area contributed by atoms with E-state index in [4.69, 9.17) is 16.3 Å². The van der Waals surface area contributed by atoms with E-state index in [0.29, 0.717) is 19.0 Å². The van der Waals surface area contributed by atoms with Crippen molar-refractivity contribution in [3.63, 3.8) is 0 Å². The Labute approximate surface area is 117 Å². The average molecular weight is 287 g/mol. The zero-order valence-electron chi connectivity index (χ0n) is 11.4. The van der Waals surface area contributed by atoms with E-state index in [1.807, 2.05) is 20.8 Å². The van der Waals surface area contributed by atoms with Gasteiger partial charge in [0.15, 0.2) is 0 Å². The summed E-state index contributed by atoms with van der Waals surface area (Å²) in [6.07, 6.45) is 1.23. The van der Waals surface area contributed by atoms with Crippen molar-refractivity contribution in [2.75, 3.05) is 11.9 Å². The van der Waals surface area contributed by atoms with Gasteiger partial charge < -0.3 is 15.2 Å². The van der Waals surface area contributed by atoms with Crippen LogP contribution in [0.15, 0.2) is 0 Å². The second-order valence-corrected chi connectivity index (χ2v) is 5.67. The zero-order chi connectivity index (χ0) is 14.0. The molecule has 0 spiro atoms. The fourth-order valence-corrected chi connectivity index (χ4v) is 2.11. The molecule has 2 rings (SSSR count). The molecule has 19 heavy (non-hydrogen) atoms. The van der Waals surface area contributed by atoms with Gasteiger partial charge in [0.05, 0.1) is 12.7 Å². The van der Waals surface area contributed by atoms with Crippen LogP contribution in [0.1, 0.15) is 33.6 Å². The first-order valence-electron chi connectivity index (χ1n) is 6.42. The number of aliphatic hydroxyl groups is 1. The third-order valence-electron chi connectivity index (χ3n) is 3.54. The first kappa shape index (κ1) is 14.3. The Bertz CT molecular complexity index is 455. The van der Waals surface area contributed by atoms with Crippen molar-refractivity contribution in [2.45, 2.75) is 45.8 Å². The maximum Gasteiger partial charge on any atom is 0.322 e. The summed E-state index contributed by atoms with van der Waals surface area (Å²) in [4.78, 5) is 12.1. The SMILES string of the molecule is CCCOc1nc(Cl)nc(NC2CC(O)C2(C)C)n1. The summed E-state index contributed by atoms with van der Waals surface area (Å²) in [6, 6.07) is 0.335. The van der Waals surface area contributed by atoms with Crippen molar-refractivity contribution in [3.8, 4) is 6.01 Å². The van der Waals surface area contributed by atoms with Gasteiger partial charge in [0.2, 0.25) is 11.2 Å².